The minimum atomic E-state index is -0.340. The molecule has 2 unspecified atom stereocenters. The standard InChI is InChI=1S/C12H20N2O/c1-12(9-13,7-10-4-5-10)14-8-11-3-2-6-15-11/h10-11,14H,2-8H2,1H3. The highest BCUT2D eigenvalue weighted by Crippen LogP contribution is 2.36. The summed E-state index contributed by atoms with van der Waals surface area (Å²) in [6.45, 7) is 3.73. The highest BCUT2D eigenvalue weighted by atomic mass is 16.5. The lowest BCUT2D eigenvalue weighted by atomic mass is 9.96. The molecule has 15 heavy (non-hydrogen) atoms. The van der Waals surface area contributed by atoms with E-state index in [9.17, 15) is 5.26 Å². The summed E-state index contributed by atoms with van der Waals surface area (Å²) in [6.07, 6.45) is 6.24. The molecular weight excluding hydrogens is 188 g/mol. The number of rotatable bonds is 5. The van der Waals surface area contributed by atoms with Crippen molar-refractivity contribution in [3.8, 4) is 6.07 Å². The van der Waals surface area contributed by atoms with Crippen molar-refractivity contribution in [2.45, 2.75) is 50.7 Å². The predicted molar refractivity (Wildman–Crippen MR) is 58.3 cm³/mol. The van der Waals surface area contributed by atoms with Gasteiger partial charge in [0, 0.05) is 13.2 Å². The van der Waals surface area contributed by atoms with Crippen LogP contribution in [0.2, 0.25) is 0 Å². The van der Waals surface area contributed by atoms with Crippen molar-refractivity contribution in [3.05, 3.63) is 0 Å². The number of nitrogens with zero attached hydrogens (tertiary/aromatic N) is 1. The van der Waals surface area contributed by atoms with E-state index in [1.165, 1.54) is 12.8 Å². The Hall–Kier alpha value is -0.590. The van der Waals surface area contributed by atoms with Crippen LogP contribution in [0.3, 0.4) is 0 Å². The molecule has 3 heteroatoms. The third kappa shape index (κ3) is 3.19. The summed E-state index contributed by atoms with van der Waals surface area (Å²) in [5.74, 6) is 0.784. The van der Waals surface area contributed by atoms with Gasteiger partial charge in [0.15, 0.2) is 0 Å². The molecule has 1 aliphatic heterocycles. The van der Waals surface area contributed by atoms with Gasteiger partial charge in [-0.2, -0.15) is 5.26 Å². The van der Waals surface area contributed by atoms with Crippen LogP contribution in [0.1, 0.15) is 39.0 Å². The number of hydrogen-bond acceptors (Lipinski definition) is 3. The molecule has 0 aromatic rings. The largest absolute Gasteiger partial charge is 0.377 e. The van der Waals surface area contributed by atoms with Gasteiger partial charge in [0.2, 0.25) is 0 Å². The number of nitrogens with one attached hydrogen (secondary N) is 1. The van der Waals surface area contributed by atoms with E-state index in [0.29, 0.717) is 6.10 Å². The number of ether oxygens (including phenoxy) is 1. The minimum absolute atomic E-state index is 0.330. The zero-order chi connectivity index (χ0) is 10.7. The van der Waals surface area contributed by atoms with Crippen LogP contribution in [-0.4, -0.2) is 24.8 Å². The maximum absolute atomic E-state index is 9.18. The number of hydrogen-bond donors (Lipinski definition) is 1. The predicted octanol–water partition coefficient (Wildman–Crippen LogP) is 1.84. The summed E-state index contributed by atoms with van der Waals surface area (Å²) in [4.78, 5) is 0. The van der Waals surface area contributed by atoms with Gasteiger partial charge in [-0.3, -0.25) is 5.32 Å². The van der Waals surface area contributed by atoms with Crippen LogP contribution >= 0.6 is 0 Å². The van der Waals surface area contributed by atoms with Gasteiger partial charge in [-0.15, -0.1) is 0 Å². The maximum atomic E-state index is 9.18. The Balaban J connectivity index is 1.75. The molecule has 0 bridgehead atoms. The van der Waals surface area contributed by atoms with Crippen LogP contribution in [0.15, 0.2) is 0 Å². The van der Waals surface area contributed by atoms with Gasteiger partial charge in [-0.25, -0.2) is 0 Å². The zero-order valence-corrected chi connectivity index (χ0v) is 9.46. The molecule has 2 rings (SSSR count). The third-order valence-corrected chi connectivity index (χ3v) is 3.38. The minimum Gasteiger partial charge on any atom is -0.377 e. The molecule has 0 aromatic carbocycles. The first kappa shape index (κ1) is 10.9. The van der Waals surface area contributed by atoms with Crippen LogP contribution < -0.4 is 5.32 Å². The van der Waals surface area contributed by atoms with Crippen LogP contribution in [0.25, 0.3) is 0 Å². The van der Waals surface area contributed by atoms with E-state index in [0.717, 1.165) is 38.3 Å². The summed E-state index contributed by atoms with van der Waals surface area (Å²) in [5, 5.41) is 12.6. The second-order valence-corrected chi connectivity index (χ2v) is 5.11. The number of nitriles is 1. The molecule has 1 saturated carbocycles. The quantitative estimate of drug-likeness (QED) is 0.749. The van der Waals surface area contributed by atoms with E-state index in [1.807, 2.05) is 6.92 Å². The van der Waals surface area contributed by atoms with Gasteiger partial charge in [-0.1, -0.05) is 12.8 Å². The summed E-state index contributed by atoms with van der Waals surface area (Å²) >= 11 is 0. The smallest absolute Gasteiger partial charge is 0.104 e. The van der Waals surface area contributed by atoms with Crippen molar-refractivity contribution in [1.29, 1.82) is 5.26 Å². The molecule has 3 nitrogen and oxygen atoms in total. The fourth-order valence-corrected chi connectivity index (χ4v) is 2.20. The molecule has 0 aromatic heterocycles. The zero-order valence-electron chi connectivity index (χ0n) is 9.46. The second-order valence-electron chi connectivity index (χ2n) is 5.11. The van der Waals surface area contributed by atoms with Gasteiger partial charge in [0.25, 0.3) is 0 Å². The SMILES string of the molecule is CC(C#N)(CC1CC1)NCC1CCCO1. The normalized spacial score (nSPS) is 29.7. The van der Waals surface area contributed by atoms with Crippen molar-refractivity contribution in [2.75, 3.05) is 13.2 Å². The van der Waals surface area contributed by atoms with Crippen molar-refractivity contribution >= 4 is 0 Å². The van der Waals surface area contributed by atoms with Crippen LogP contribution in [0, 0.1) is 17.2 Å². The molecule has 84 valence electrons. The Labute approximate surface area is 91.8 Å². The van der Waals surface area contributed by atoms with Gasteiger partial charge in [0.1, 0.15) is 5.54 Å². The van der Waals surface area contributed by atoms with Gasteiger partial charge >= 0.3 is 0 Å². The van der Waals surface area contributed by atoms with E-state index >= 15 is 0 Å². The summed E-state index contributed by atoms with van der Waals surface area (Å²) < 4.78 is 5.54. The van der Waals surface area contributed by atoms with Crippen LogP contribution in [0.4, 0.5) is 0 Å². The Morgan fingerprint density at radius 1 is 1.47 bits per heavy atom. The molecule has 1 heterocycles. The molecule has 2 fully saturated rings. The van der Waals surface area contributed by atoms with Crippen molar-refractivity contribution < 1.29 is 4.74 Å². The van der Waals surface area contributed by atoms with E-state index in [4.69, 9.17) is 4.74 Å². The molecular formula is C12H20N2O. The van der Waals surface area contributed by atoms with E-state index in [2.05, 4.69) is 11.4 Å². The van der Waals surface area contributed by atoms with Crippen LogP contribution in [0.5, 0.6) is 0 Å². The molecule has 2 aliphatic rings. The van der Waals surface area contributed by atoms with Crippen molar-refractivity contribution in [3.63, 3.8) is 0 Å². The summed E-state index contributed by atoms with van der Waals surface area (Å²) in [7, 11) is 0. The first-order valence-electron chi connectivity index (χ1n) is 6.00. The van der Waals surface area contributed by atoms with Crippen molar-refractivity contribution in [1.82, 2.24) is 5.32 Å². The summed E-state index contributed by atoms with van der Waals surface area (Å²) in [5.41, 5.74) is -0.340. The molecule has 0 radical (unpaired) electrons. The lowest BCUT2D eigenvalue weighted by Gasteiger charge is -2.24. The molecule has 0 amide bonds. The molecule has 1 N–H and O–H groups in total. The monoisotopic (exact) mass is 208 g/mol. The van der Waals surface area contributed by atoms with E-state index in [-0.39, 0.29) is 5.54 Å². The molecule has 1 aliphatic carbocycles. The second kappa shape index (κ2) is 4.51. The fraction of sp³-hybridized carbons (Fsp3) is 0.917. The first-order valence-corrected chi connectivity index (χ1v) is 6.00. The van der Waals surface area contributed by atoms with Gasteiger partial charge < -0.3 is 4.74 Å². The molecule has 1 saturated heterocycles. The summed E-state index contributed by atoms with van der Waals surface area (Å²) in [6, 6.07) is 2.41. The topological polar surface area (TPSA) is 45.0 Å². The van der Waals surface area contributed by atoms with Gasteiger partial charge in [-0.05, 0) is 32.1 Å². The molecule has 0 spiro atoms. The maximum Gasteiger partial charge on any atom is 0.104 e. The Bertz CT molecular complexity index is 251. The van der Waals surface area contributed by atoms with Gasteiger partial charge in [0.05, 0.1) is 12.2 Å². The Morgan fingerprint density at radius 3 is 2.80 bits per heavy atom. The third-order valence-electron chi connectivity index (χ3n) is 3.38. The highest BCUT2D eigenvalue weighted by molar-refractivity contribution is 5.06. The molecule has 2 atom stereocenters. The van der Waals surface area contributed by atoms with Crippen LogP contribution in [-0.2, 0) is 4.74 Å². The first-order chi connectivity index (χ1) is 7.22. The average Bonchev–Trinajstić information content (AvgIpc) is 2.88. The lowest BCUT2D eigenvalue weighted by molar-refractivity contribution is 0.104. The highest BCUT2D eigenvalue weighted by Gasteiger charge is 2.33. The van der Waals surface area contributed by atoms with E-state index < -0.39 is 0 Å². The Morgan fingerprint density at radius 2 is 2.27 bits per heavy atom. The lowest BCUT2D eigenvalue weighted by Crippen LogP contribution is -2.45. The Kier molecular flexibility index (Phi) is 3.28. The fourth-order valence-electron chi connectivity index (χ4n) is 2.20. The van der Waals surface area contributed by atoms with Crippen molar-refractivity contribution in [2.24, 2.45) is 5.92 Å². The average molecular weight is 208 g/mol. The van der Waals surface area contributed by atoms with E-state index in [1.54, 1.807) is 0 Å².